The molecule has 0 saturated carbocycles. The monoisotopic (exact) mass is 831 g/mol. The van der Waals surface area contributed by atoms with Gasteiger partial charge in [0.25, 0.3) is 0 Å². The van der Waals surface area contributed by atoms with Gasteiger partial charge in [-0.3, -0.25) is 0 Å². The summed E-state index contributed by atoms with van der Waals surface area (Å²) in [6.45, 7) is 0. The fourth-order valence-corrected chi connectivity index (χ4v) is 10.6. The summed E-state index contributed by atoms with van der Waals surface area (Å²) in [5.74, 6) is 1.19. The van der Waals surface area contributed by atoms with E-state index in [4.69, 9.17) is 13.8 Å². The van der Waals surface area contributed by atoms with Crippen molar-refractivity contribution in [1.82, 2.24) is 4.98 Å². The van der Waals surface area contributed by atoms with Gasteiger partial charge in [-0.05, 0) is 91.2 Å². The molecule has 2 heterocycles. The number of rotatable bonds is 7. The van der Waals surface area contributed by atoms with Gasteiger partial charge in [0, 0.05) is 45.2 Å². The second-order valence-corrected chi connectivity index (χ2v) is 17.3. The molecular formula is C62H41NO2. The van der Waals surface area contributed by atoms with E-state index in [1.165, 1.54) is 50.1 Å². The minimum Gasteiger partial charge on any atom is -0.455 e. The second kappa shape index (κ2) is 15.2. The maximum Gasteiger partial charge on any atom is 0.227 e. The highest BCUT2D eigenvalue weighted by Crippen LogP contribution is 2.48. The Morgan fingerprint density at radius 2 is 1.11 bits per heavy atom. The van der Waals surface area contributed by atoms with E-state index < -0.39 is 0 Å². The molecule has 306 valence electrons. The van der Waals surface area contributed by atoms with Crippen LogP contribution in [0.1, 0.15) is 45.2 Å². The molecule has 0 bridgehead atoms. The first kappa shape index (κ1) is 37.3. The third kappa shape index (κ3) is 6.23. The first-order chi connectivity index (χ1) is 32.2. The van der Waals surface area contributed by atoms with Crippen molar-refractivity contribution in [3.63, 3.8) is 0 Å². The highest BCUT2D eigenvalue weighted by Gasteiger charge is 2.29. The Bertz CT molecular complexity index is 3700. The third-order valence-electron chi connectivity index (χ3n) is 13.6. The van der Waals surface area contributed by atoms with E-state index in [0.717, 1.165) is 60.5 Å². The van der Waals surface area contributed by atoms with Crippen molar-refractivity contribution < 1.29 is 8.83 Å². The van der Waals surface area contributed by atoms with Gasteiger partial charge in [-0.25, -0.2) is 4.98 Å². The van der Waals surface area contributed by atoms with Gasteiger partial charge in [-0.1, -0.05) is 200 Å². The number of furan rings is 1. The smallest absolute Gasteiger partial charge is 0.227 e. The Kier molecular flexibility index (Phi) is 8.73. The predicted molar refractivity (Wildman–Crippen MR) is 267 cm³/mol. The van der Waals surface area contributed by atoms with Gasteiger partial charge < -0.3 is 8.83 Å². The van der Waals surface area contributed by atoms with Gasteiger partial charge >= 0.3 is 0 Å². The fraction of sp³-hybridized carbons (Fsp3) is 0.0484. The van der Waals surface area contributed by atoms with Crippen LogP contribution in [0.4, 0.5) is 0 Å². The Hall–Kier alpha value is -8.27. The van der Waals surface area contributed by atoms with E-state index in [1.54, 1.807) is 0 Å². The summed E-state index contributed by atoms with van der Waals surface area (Å²) in [5, 5.41) is 4.50. The standard InChI is InChI=1S/C62H41NO2/c1-3-15-39(16-4-1)40-29-33-42(34-30-40)57(43-35-31-41(32-36-43)53-37-45-19-7-9-21-47(45)49-23-11-12-24-50(49)53)52-26-14-27-55-58(52)59-48-22-10-8-20-46(48)38-54(61(59)64-55)51-25-13-28-56-60(51)63-62(65-56)44-17-5-2-6-18-44/h1-38,45,47,57H. The second-order valence-electron chi connectivity index (χ2n) is 17.3. The van der Waals surface area contributed by atoms with Crippen LogP contribution in [0, 0.1) is 5.92 Å². The van der Waals surface area contributed by atoms with Crippen molar-refractivity contribution in [3.8, 4) is 33.7 Å². The summed E-state index contributed by atoms with van der Waals surface area (Å²) in [6.07, 6.45) is 11.5. The minimum atomic E-state index is -0.100. The van der Waals surface area contributed by atoms with Gasteiger partial charge in [0.2, 0.25) is 5.89 Å². The van der Waals surface area contributed by atoms with Crippen LogP contribution in [0.2, 0.25) is 0 Å². The maximum absolute atomic E-state index is 7.12. The topological polar surface area (TPSA) is 39.2 Å². The van der Waals surface area contributed by atoms with Crippen LogP contribution in [0.15, 0.2) is 239 Å². The molecule has 3 unspecified atom stereocenters. The molecule has 3 nitrogen and oxygen atoms in total. The number of benzene rings is 9. The molecule has 2 aliphatic rings. The number of aromatic nitrogens is 1. The van der Waals surface area contributed by atoms with E-state index in [0.29, 0.717) is 17.7 Å². The van der Waals surface area contributed by atoms with Crippen LogP contribution >= 0.6 is 0 Å². The first-order valence-electron chi connectivity index (χ1n) is 22.5. The number of para-hydroxylation sites is 1. The number of oxazole rings is 1. The molecule has 0 spiro atoms. The van der Waals surface area contributed by atoms with Crippen LogP contribution in [-0.2, 0) is 0 Å². The van der Waals surface area contributed by atoms with Gasteiger partial charge in [-0.2, -0.15) is 0 Å². The summed E-state index contributed by atoms with van der Waals surface area (Å²) < 4.78 is 13.5. The Labute approximate surface area is 377 Å². The van der Waals surface area contributed by atoms with E-state index in [2.05, 4.69) is 194 Å². The average Bonchev–Trinajstić information content (AvgIpc) is 4.01. The zero-order chi connectivity index (χ0) is 42.8. The van der Waals surface area contributed by atoms with Crippen LogP contribution in [0.5, 0.6) is 0 Å². The number of nitrogens with zero attached hydrogens (tertiary/aromatic N) is 1. The van der Waals surface area contributed by atoms with Crippen molar-refractivity contribution >= 4 is 49.4 Å². The molecule has 0 saturated heterocycles. The van der Waals surface area contributed by atoms with Crippen LogP contribution in [0.25, 0.3) is 83.1 Å². The zero-order valence-corrected chi connectivity index (χ0v) is 35.4. The number of allylic oxidation sites excluding steroid dienone is 5. The SMILES string of the molecule is C1=CC2C=C(c3ccc(C(c4ccc(-c5ccccc5)cc4)c4cccc5oc6c(-c7cccc8oc(-c9ccccc9)nc78)cc7ccccc7c6c45)cc3)c3ccccc3C2C=C1. The van der Waals surface area contributed by atoms with Crippen molar-refractivity contribution in [2.75, 3.05) is 0 Å². The van der Waals surface area contributed by atoms with Gasteiger partial charge in [-0.15, -0.1) is 0 Å². The predicted octanol–water partition coefficient (Wildman–Crippen LogP) is 16.3. The molecule has 0 amide bonds. The van der Waals surface area contributed by atoms with E-state index in [9.17, 15) is 0 Å². The quantitative estimate of drug-likeness (QED) is 0.150. The van der Waals surface area contributed by atoms with E-state index in [-0.39, 0.29) is 5.92 Å². The number of hydrogen-bond donors (Lipinski definition) is 0. The molecule has 11 aromatic rings. The molecule has 2 aliphatic carbocycles. The normalized spacial score (nSPS) is 15.9. The molecule has 0 radical (unpaired) electrons. The Morgan fingerprint density at radius 1 is 0.462 bits per heavy atom. The lowest BCUT2D eigenvalue weighted by Crippen LogP contribution is -2.16. The van der Waals surface area contributed by atoms with E-state index >= 15 is 0 Å². The Morgan fingerprint density at radius 3 is 1.92 bits per heavy atom. The largest absolute Gasteiger partial charge is 0.455 e. The highest BCUT2D eigenvalue weighted by atomic mass is 16.3. The van der Waals surface area contributed by atoms with Crippen molar-refractivity contribution in [1.29, 1.82) is 0 Å². The molecule has 0 fully saturated rings. The summed E-state index contributed by atoms with van der Waals surface area (Å²) in [7, 11) is 0. The summed E-state index contributed by atoms with van der Waals surface area (Å²) >= 11 is 0. The lowest BCUT2D eigenvalue weighted by Gasteiger charge is -2.31. The van der Waals surface area contributed by atoms with E-state index in [1.807, 2.05) is 36.4 Å². The fourth-order valence-electron chi connectivity index (χ4n) is 10.6. The van der Waals surface area contributed by atoms with Crippen LogP contribution in [-0.4, -0.2) is 4.98 Å². The molecule has 0 aliphatic heterocycles. The van der Waals surface area contributed by atoms with Crippen LogP contribution < -0.4 is 0 Å². The molecule has 65 heavy (non-hydrogen) atoms. The molecule has 0 N–H and O–H groups in total. The molecule has 2 aromatic heterocycles. The number of hydrogen-bond acceptors (Lipinski definition) is 3. The number of fused-ring (bicyclic) bond motifs is 9. The molecular weight excluding hydrogens is 791 g/mol. The molecule has 3 heteroatoms. The lowest BCUT2D eigenvalue weighted by molar-refractivity contribution is 0.620. The maximum atomic E-state index is 7.12. The highest BCUT2D eigenvalue weighted by molar-refractivity contribution is 6.24. The molecule has 3 atom stereocenters. The van der Waals surface area contributed by atoms with Gasteiger partial charge in [0.05, 0.1) is 0 Å². The summed E-state index contributed by atoms with van der Waals surface area (Å²) in [6, 6.07) is 71.8. The molecule has 9 aromatic carbocycles. The van der Waals surface area contributed by atoms with Crippen molar-refractivity contribution in [3.05, 3.63) is 264 Å². The first-order valence-corrected chi connectivity index (χ1v) is 22.5. The van der Waals surface area contributed by atoms with Gasteiger partial charge in [0.15, 0.2) is 5.58 Å². The van der Waals surface area contributed by atoms with Crippen molar-refractivity contribution in [2.24, 2.45) is 5.92 Å². The summed E-state index contributed by atoms with van der Waals surface area (Å²) in [4.78, 5) is 5.11. The Balaban J connectivity index is 1.01. The third-order valence-corrected chi connectivity index (χ3v) is 13.6. The average molecular weight is 832 g/mol. The lowest BCUT2D eigenvalue weighted by atomic mass is 9.73. The van der Waals surface area contributed by atoms with Gasteiger partial charge in [0.1, 0.15) is 16.7 Å². The molecule has 13 rings (SSSR count). The minimum absolute atomic E-state index is 0.100. The summed E-state index contributed by atoms with van der Waals surface area (Å²) in [5.41, 5.74) is 17.3. The zero-order valence-electron chi connectivity index (χ0n) is 35.4. The van der Waals surface area contributed by atoms with Crippen LogP contribution in [0.3, 0.4) is 0 Å². The van der Waals surface area contributed by atoms with Crippen molar-refractivity contribution in [2.45, 2.75) is 11.8 Å².